The third-order valence-corrected chi connectivity index (χ3v) is 4.76. The number of aromatic nitrogens is 4. The molecule has 0 atom stereocenters. The maximum absolute atomic E-state index is 12.3. The third kappa shape index (κ3) is 3.24. The lowest BCUT2D eigenvalue weighted by Gasteiger charge is -2.17. The van der Waals surface area contributed by atoms with Crippen LogP contribution < -0.4 is 5.32 Å². The average molecular weight is 335 g/mol. The van der Waals surface area contributed by atoms with Gasteiger partial charge in [0.25, 0.3) is 0 Å². The van der Waals surface area contributed by atoms with E-state index in [1.54, 1.807) is 0 Å². The first-order chi connectivity index (χ1) is 12.2. The van der Waals surface area contributed by atoms with E-state index >= 15 is 0 Å². The molecule has 1 amide bonds. The van der Waals surface area contributed by atoms with Crippen LogP contribution in [0.1, 0.15) is 41.3 Å². The van der Waals surface area contributed by atoms with E-state index < -0.39 is 0 Å². The van der Waals surface area contributed by atoms with Crippen LogP contribution in [0, 0.1) is 6.92 Å². The summed E-state index contributed by atoms with van der Waals surface area (Å²) >= 11 is 0. The predicted octanol–water partition coefficient (Wildman–Crippen LogP) is 2.40. The molecule has 0 radical (unpaired) electrons. The standard InChI is InChI=1S/C19H21N5O/c1-12-13-6-2-4-8-15(13)22-18(21-12)11-20-19(25)10-17-14-7-3-5-9-16(14)23-24-17/h3,5,7,9H,2,4,6,8,10-11H2,1H3,(H,20,25)(H,23,24). The Morgan fingerprint density at radius 1 is 1.20 bits per heavy atom. The summed E-state index contributed by atoms with van der Waals surface area (Å²) in [6, 6.07) is 7.78. The van der Waals surface area contributed by atoms with Crippen molar-refractivity contribution < 1.29 is 4.79 Å². The van der Waals surface area contributed by atoms with Gasteiger partial charge < -0.3 is 5.32 Å². The first-order valence-corrected chi connectivity index (χ1v) is 8.74. The summed E-state index contributed by atoms with van der Waals surface area (Å²) in [7, 11) is 0. The normalized spacial score (nSPS) is 13.6. The van der Waals surface area contributed by atoms with Crippen LogP contribution in [0.15, 0.2) is 24.3 Å². The van der Waals surface area contributed by atoms with Gasteiger partial charge in [-0.2, -0.15) is 5.10 Å². The number of carbonyl (C=O) groups is 1. The molecule has 25 heavy (non-hydrogen) atoms. The van der Waals surface area contributed by atoms with E-state index in [1.165, 1.54) is 18.4 Å². The van der Waals surface area contributed by atoms with Crippen LogP contribution in [-0.2, 0) is 30.6 Å². The van der Waals surface area contributed by atoms with E-state index in [0.717, 1.165) is 40.8 Å². The first-order valence-electron chi connectivity index (χ1n) is 8.74. The SMILES string of the molecule is Cc1nc(CNC(=O)Cc2[nH]nc3ccccc23)nc2c1CCCC2. The minimum Gasteiger partial charge on any atom is -0.348 e. The number of fused-ring (bicyclic) bond motifs is 2. The Kier molecular flexibility index (Phi) is 4.17. The van der Waals surface area contributed by atoms with E-state index in [9.17, 15) is 4.79 Å². The van der Waals surface area contributed by atoms with Crippen LogP contribution in [0.5, 0.6) is 0 Å². The Hall–Kier alpha value is -2.76. The largest absolute Gasteiger partial charge is 0.348 e. The summed E-state index contributed by atoms with van der Waals surface area (Å²) in [6.07, 6.45) is 4.75. The van der Waals surface area contributed by atoms with Gasteiger partial charge in [-0.1, -0.05) is 18.2 Å². The van der Waals surface area contributed by atoms with Gasteiger partial charge in [0.1, 0.15) is 5.82 Å². The molecule has 0 saturated heterocycles. The highest BCUT2D eigenvalue weighted by atomic mass is 16.1. The highest BCUT2D eigenvalue weighted by Crippen LogP contribution is 2.21. The molecule has 128 valence electrons. The van der Waals surface area contributed by atoms with Crippen LogP contribution in [0.4, 0.5) is 0 Å². The number of H-pyrrole nitrogens is 1. The van der Waals surface area contributed by atoms with Crippen molar-refractivity contribution in [3.05, 3.63) is 52.7 Å². The Balaban J connectivity index is 1.43. The number of aromatic amines is 1. The number of amides is 1. The molecule has 0 unspecified atom stereocenters. The zero-order chi connectivity index (χ0) is 17.2. The molecule has 6 nitrogen and oxygen atoms in total. The minimum atomic E-state index is -0.0617. The number of aryl methyl sites for hydroxylation is 2. The van der Waals surface area contributed by atoms with Crippen molar-refractivity contribution in [1.29, 1.82) is 0 Å². The Morgan fingerprint density at radius 3 is 2.96 bits per heavy atom. The zero-order valence-electron chi connectivity index (χ0n) is 14.3. The van der Waals surface area contributed by atoms with Crippen LogP contribution >= 0.6 is 0 Å². The third-order valence-electron chi connectivity index (χ3n) is 4.76. The molecule has 2 heterocycles. The molecule has 1 aliphatic rings. The molecule has 6 heteroatoms. The summed E-state index contributed by atoms with van der Waals surface area (Å²) in [5.41, 5.74) is 5.20. The van der Waals surface area contributed by atoms with Gasteiger partial charge in [-0.15, -0.1) is 0 Å². The van der Waals surface area contributed by atoms with Gasteiger partial charge in [0.2, 0.25) is 5.91 Å². The highest BCUT2D eigenvalue weighted by molar-refractivity contribution is 5.87. The summed E-state index contributed by atoms with van der Waals surface area (Å²) in [4.78, 5) is 21.5. The second-order valence-electron chi connectivity index (χ2n) is 6.53. The number of hydrogen-bond donors (Lipinski definition) is 2. The molecule has 1 aromatic carbocycles. The number of rotatable bonds is 4. The number of nitrogens with one attached hydrogen (secondary N) is 2. The van der Waals surface area contributed by atoms with Gasteiger partial charge in [0, 0.05) is 16.8 Å². The monoisotopic (exact) mass is 335 g/mol. The van der Waals surface area contributed by atoms with Crippen molar-refractivity contribution in [3.63, 3.8) is 0 Å². The zero-order valence-corrected chi connectivity index (χ0v) is 14.3. The van der Waals surface area contributed by atoms with Gasteiger partial charge in [0.15, 0.2) is 0 Å². The van der Waals surface area contributed by atoms with Crippen molar-refractivity contribution in [3.8, 4) is 0 Å². The van der Waals surface area contributed by atoms with Crippen molar-refractivity contribution in [2.45, 2.75) is 45.6 Å². The van der Waals surface area contributed by atoms with Gasteiger partial charge in [0.05, 0.1) is 24.2 Å². The van der Waals surface area contributed by atoms with Crippen molar-refractivity contribution in [2.75, 3.05) is 0 Å². The predicted molar refractivity (Wildman–Crippen MR) is 95.1 cm³/mol. The van der Waals surface area contributed by atoms with Crippen LogP contribution in [-0.4, -0.2) is 26.1 Å². The van der Waals surface area contributed by atoms with Gasteiger partial charge in [-0.05, 0) is 44.2 Å². The number of hydrogen-bond acceptors (Lipinski definition) is 4. The molecule has 3 aromatic rings. The molecular formula is C19H21N5O. The molecule has 0 bridgehead atoms. The van der Waals surface area contributed by atoms with Crippen LogP contribution in [0.2, 0.25) is 0 Å². The molecule has 4 rings (SSSR count). The van der Waals surface area contributed by atoms with Crippen molar-refractivity contribution in [2.24, 2.45) is 0 Å². The Morgan fingerprint density at radius 2 is 2.04 bits per heavy atom. The number of carbonyl (C=O) groups excluding carboxylic acids is 1. The quantitative estimate of drug-likeness (QED) is 0.767. The fraction of sp³-hybridized carbons (Fsp3) is 0.368. The van der Waals surface area contributed by atoms with E-state index in [0.29, 0.717) is 12.4 Å². The summed E-state index contributed by atoms with van der Waals surface area (Å²) < 4.78 is 0. The van der Waals surface area contributed by atoms with Crippen LogP contribution in [0.3, 0.4) is 0 Å². The summed E-state index contributed by atoms with van der Waals surface area (Å²) in [5, 5.41) is 11.1. The molecule has 1 aliphatic carbocycles. The number of benzene rings is 1. The minimum absolute atomic E-state index is 0.0617. The van der Waals surface area contributed by atoms with Gasteiger partial charge in [-0.25, -0.2) is 9.97 Å². The highest BCUT2D eigenvalue weighted by Gasteiger charge is 2.16. The van der Waals surface area contributed by atoms with Crippen molar-refractivity contribution >= 4 is 16.8 Å². The lowest BCUT2D eigenvalue weighted by Crippen LogP contribution is -2.26. The maximum Gasteiger partial charge on any atom is 0.226 e. The summed E-state index contributed by atoms with van der Waals surface area (Å²) in [6.45, 7) is 2.40. The van der Waals surface area contributed by atoms with Crippen molar-refractivity contribution in [1.82, 2.24) is 25.5 Å². The number of para-hydroxylation sites is 1. The Labute approximate surface area is 146 Å². The topological polar surface area (TPSA) is 83.6 Å². The average Bonchev–Trinajstić information content (AvgIpc) is 3.03. The summed E-state index contributed by atoms with van der Waals surface area (Å²) in [5.74, 6) is 0.634. The lowest BCUT2D eigenvalue weighted by molar-refractivity contribution is -0.120. The fourth-order valence-electron chi connectivity index (χ4n) is 3.47. The van der Waals surface area contributed by atoms with Crippen LogP contribution in [0.25, 0.3) is 10.9 Å². The maximum atomic E-state index is 12.3. The molecule has 0 aliphatic heterocycles. The van der Waals surface area contributed by atoms with E-state index in [1.807, 2.05) is 31.2 Å². The molecule has 0 spiro atoms. The molecule has 0 fully saturated rings. The van der Waals surface area contributed by atoms with E-state index in [-0.39, 0.29) is 12.3 Å². The second kappa shape index (κ2) is 6.63. The van der Waals surface area contributed by atoms with E-state index in [4.69, 9.17) is 0 Å². The lowest BCUT2D eigenvalue weighted by atomic mass is 9.95. The number of nitrogens with zero attached hydrogens (tertiary/aromatic N) is 3. The van der Waals surface area contributed by atoms with E-state index in [2.05, 4.69) is 25.5 Å². The molecule has 2 aromatic heterocycles. The van der Waals surface area contributed by atoms with Gasteiger partial charge in [-0.3, -0.25) is 9.89 Å². The smallest absolute Gasteiger partial charge is 0.226 e. The molecular weight excluding hydrogens is 314 g/mol. The second-order valence-corrected chi connectivity index (χ2v) is 6.53. The van der Waals surface area contributed by atoms with Gasteiger partial charge >= 0.3 is 0 Å². The fourth-order valence-corrected chi connectivity index (χ4v) is 3.47. The Bertz CT molecular complexity index is 931. The molecule has 2 N–H and O–H groups in total. The first kappa shape index (κ1) is 15.7. The molecule has 0 saturated carbocycles.